The van der Waals surface area contributed by atoms with Gasteiger partial charge in [-0.05, 0) is 41.8 Å². The molecule has 228 valence electrons. The summed E-state index contributed by atoms with van der Waals surface area (Å²) in [5.41, 5.74) is -2.89. The van der Waals surface area contributed by atoms with Crippen molar-refractivity contribution in [2.75, 3.05) is 10.2 Å². The summed E-state index contributed by atoms with van der Waals surface area (Å²) in [5.74, 6) is -4.56. The number of hydrogen-bond donors (Lipinski definition) is 1. The Hall–Kier alpha value is -3.89. The second kappa shape index (κ2) is 10.9. The minimum Gasteiger partial charge on any atom is -0.325 e. The number of carbonyl (C=O) groups is 3. The van der Waals surface area contributed by atoms with E-state index >= 15 is 0 Å². The maximum Gasteiger partial charge on any atom is 0.418 e. The first-order chi connectivity index (χ1) is 20.8. The van der Waals surface area contributed by atoms with E-state index in [9.17, 15) is 45.5 Å². The number of carbonyl (C=O) groups excluding carboxylic acids is 3. The summed E-state index contributed by atoms with van der Waals surface area (Å²) in [7, 11) is 0. The molecule has 2 aromatic carbocycles. The third-order valence-corrected chi connectivity index (χ3v) is 10.7. The average molecular weight is 670 g/mol. The van der Waals surface area contributed by atoms with Crippen molar-refractivity contribution in [3.63, 3.8) is 0 Å². The van der Waals surface area contributed by atoms with Crippen molar-refractivity contribution in [3.8, 4) is 0 Å². The fraction of sp³-hybridized carbons (Fsp3) is 0.214. The van der Waals surface area contributed by atoms with Crippen LogP contribution < -0.4 is 15.1 Å². The number of thioether (sulfide) groups is 1. The number of para-hydroxylation sites is 1. The lowest BCUT2D eigenvalue weighted by Crippen LogP contribution is -2.33. The number of thiophene rings is 1. The number of anilines is 2. The zero-order valence-corrected chi connectivity index (χ0v) is 24.3. The summed E-state index contributed by atoms with van der Waals surface area (Å²) in [6.07, 6.45) is -9.49. The molecule has 6 rings (SSSR count). The molecular weight excluding hydrogens is 653 g/mol. The minimum absolute atomic E-state index is 0.151. The van der Waals surface area contributed by atoms with Crippen molar-refractivity contribution in [2.24, 2.45) is 5.92 Å². The van der Waals surface area contributed by atoms with Gasteiger partial charge in [0.2, 0.25) is 17.7 Å². The molecule has 4 aromatic rings. The normalized spacial score (nSPS) is 20.0. The second-order valence-electron chi connectivity index (χ2n) is 9.83. The molecule has 3 atom stereocenters. The number of hydrogen-bond acceptors (Lipinski definition) is 7. The molecule has 2 aliphatic heterocycles. The maximum atomic E-state index is 13.9. The molecule has 44 heavy (non-hydrogen) atoms. The number of fused-ring (bicyclic) bond motifs is 2. The third-order valence-electron chi connectivity index (χ3n) is 7.12. The number of thiazole rings is 1. The predicted octanol–water partition coefficient (Wildman–Crippen LogP) is 6.44. The highest BCUT2D eigenvalue weighted by Crippen LogP contribution is 2.55. The van der Waals surface area contributed by atoms with Gasteiger partial charge in [-0.1, -0.05) is 47.4 Å². The van der Waals surface area contributed by atoms with E-state index in [-0.39, 0.29) is 10.7 Å². The zero-order chi connectivity index (χ0) is 31.6. The molecule has 0 radical (unpaired) electrons. The van der Waals surface area contributed by atoms with Gasteiger partial charge in [0.1, 0.15) is 11.8 Å². The number of aromatic nitrogens is 1. The van der Waals surface area contributed by atoms with Crippen LogP contribution in [0.4, 0.5) is 37.7 Å². The van der Waals surface area contributed by atoms with Crippen molar-refractivity contribution in [2.45, 2.75) is 35.1 Å². The number of amides is 3. The number of nitrogens with one attached hydrogen (secondary N) is 1. The molecule has 4 heterocycles. The molecule has 1 saturated heterocycles. The van der Waals surface area contributed by atoms with Crippen LogP contribution in [0.2, 0.25) is 0 Å². The lowest BCUT2D eigenvalue weighted by molar-refractivity contribution is -0.138. The molecule has 1 fully saturated rings. The summed E-state index contributed by atoms with van der Waals surface area (Å²) >= 11 is 2.78. The van der Waals surface area contributed by atoms with E-state index in [0.29, 0.717) is 14.7 Å². The Morgan fingerprint density at radius 1 is 0.886 bits per heavy atom. The highest BCUT2D eigenvalue weighted by Gasteiger charge is 2.58. The van der Waals surface area contributed by atoms with Gasteiger partial charge in [-0.25, -0.2) is 4.90 Å². The molecule has 2 aliphatic rings. The molecule has 2 aromatic heterocycles. The van der Waals surface area contributed by atoms with Crippen molar-refractivity contribution in [1.82, 2.24) is 4.57 Å². The van der Waals surface area contributed by atoms with E-state index in [0.717, 1.165) is 64.1 Å². The Balaban J connectivity index is 1.37. The third kappa shape index (κ3) is 5.24. The van der Waals surface area contributed by atoms with Gasteiger partial charge in [0.25, 0.3) is 0 Å². The Morgan fingerprint density at radius 2 is 1.64 bits per heavy atom. The van der Waals surface area contributed by atoms with Gasteiger partial charge >= 0.3 is 17.2 Å². The molecular formula is C28H17F6N3O4S3. The van der Waals surface area contributed by atoms with Gasteiger partial charge in [0.15, 0.2) is 0 Å². The SMILES string of the molecule is O=C(Cn1c2c(sc1=O)C(c1cccs1)C1C(=O)N(c3ccccc3C(F)(F)F)C(=O)C1S2)Nc1cccc(C(F)(F)F)c1. The Labute approximate surface area is 256 Å². The van der Waals surface area contributed by atoms with Crippen LogP contribution in [-0.4, -0.2) is 27.5 Å². The summed E-state index contributed by atoms with van der Waals surface area (Å²) in [4.78, 5) is 54.5. The summed E-state index contributed by atoms with van der Waals surface area (Å²) in [6, 6.07) is 11.6. The van der Waals surface area contributed by atoms with Crippen LogP contribution in [0.25, 0.3) is 0 Å². The lowest BCUT2D eigenvalue weighted by atomic mass is 9.87. The van der Waals surface area contributed by atoms with Crippen molar-refractivity contribution < 1.29 is 40.7 Å². The van der Waals surface area contributed by atoms with Gasteiger partial charge < -0.3 is 5.32 Å². The number of benzene rings is 2. The molecule has 3 amide bonds. The number of rotatable bonds is 5. The zero-order valence-electron chi connectivity index (χ0n) is 21.8. The van der Waals surface area contributed by atoms with Gasteiger partial charge in [0.05, 0.1) is 27.8 Å². The van der Waals surface area contributed by atoms with E-state index in [1.165, 1.54) is 23.5 Å². The van der Waals surface area contributed by atoms with Crippen molar-refractivity contribution in [1.29, 1.82) is 0 Å². The molecule has 16 heteroatoms. The van der Waals surface area contributed by atoms with Crippen LogP contribution in [0.15, 0.2) is 75.9 Å². The van der Waals surface area contributed by atoms with E-state index < -0.39 is 75.4 Å². The number of imide groups is 1. The number of halogens is 6. The maximum absolute atomic E-state index is 13.9. The Morgan fingerprint density at radius 3 is 2.32 bits per heavy atom. The monoisotopic (exact) mass is 669 g/mol. The minimum atomic E-state index is -4.85. The van der Waals surface area contributed by atoms with Crippen LogP contribution >= 0.6 is 34.4 Å². The standard InChI is InChI=1S/C28H17F6N3O4S3/c29-27(30,31)13-5-3-6-14(11-13)35-18(38)12-36-25-22(44-26(36)41)19(17-9-4-10-42-17)20-21(43-25)24(40)37(23(20)39)16-8-2-1-7-15(16)28(32,33)34/h1-11,19-21H,12H2,(H,35,38). The molecule has 1 N–H and O–H groups in total. The van der Waals surface area contributed by atoms with E-state index in [2.05, 4.69) is 5.32 Å². The largest absolute Gasteiger partial charge is 0.418 e. The van der Waals surface area contributed by atoms with Gasteiger partial charge in [-0.15, -0.1) is 11.3 Å². The first-order valence-corrected chi connectivity index (χ1v) is 15.3. The molecule has 7 nitrogen and oxygen atoms in total. The summed E-state index contributed by atoms with van der Waals surface area (Å²) < 4.78 is 82.0. The molecule has 0 spiro atoms. The van der Waals surface area contributed by atoms with E-state index in [4.69, 9.17) is 0 Å². The quantitative estimate of drug-likeness (QED) is 0.195. The molecule has 0 aliphatic carbocycles. The van der Waals surface area contributed by atoms with Crippen LogP contribution in [-0.2, 0) is 33.3 Å². The first-order valence-electron chi connectivity index (χ1n) is 12.7. The second-order valence-corrected chi connectivity index (χ2v) is 12.9. The lowest BCUT2D eigenvalue weighted by Gasteiger charge is -2.29. The molecule has 0 saturated carbocycles. The topological polar surface area (TPSA) is 88.5 Å². The predicted molar refractivity (Wildman–Crippen MR) is 152 cm³/mol. The average Bonchev–Trinajstić information content (AvgIpc) is 3.65. The van der Waals surface area contributed by atoms with E-state index in [1.807, 2.05) is 0 Å². The Bertz CT molecular complexity index is 1850. The van der Waals surface area contributed by atoms with Crippen LogP contribution in [0.1, 0.15) is 26.8 Å². The summed E-state index contributed by atoms with van der Waals surface area (Å²) in [5, 5.41) is 3.03. The van der Waals surface area contributed by atoms with Crippen molar-refractivity contribution >= 4 is 63.5 Å². The van der Waals surface area contributed by atoms with Crippen LogP contribution in [0, 0.1) is 5.92 Å². The molecule has 0 bridgehead atoms. The molecule has 3 unspecified atom stereocenters. The highest BCUT2D eigenvalue weighted by atomic mass is 32.2. The number of alkyl halides is 6. The smallest absolute Gasteiger partial charge is 0.325 e. The van der Waals surface area contributed by atoms with Gasteiger partial charge in [-0.2, -0.15) is 26.3 Å². The van der Waals surface area contributed by atoms with Crippen LogP contribution in [0.5, 0.6) is 0 Å². The fourth-order valence-corrected chi connectivity index (χ4v) is 9.01. The van der Waals surface area contributed by atoms with E-state index in [1.54, 1.807) is 17.5 Å². The Kier molecular flexibility index (Phi) is 7.49. The van der Waals surface area contributed by atoms with Crippen LogP contribution in [0.3, 0.4) is 0 Å². The summed E-state index contributed by atoms with van der Waals surface area (Å²) in [6.45, 7) is -0.620. The number of nitrogens with zero attached hydrogens (tertiary/aromatic N) is 2. The van der Waals surface area contributed by atoms with Gasteiger partial charge in [0, 0.05) is 21.4 Å². The highest BCUT2D eigenvalue weighted by molar-refractivity contribution is 8.00. The van der Waals surface area contributed by atoms with Crippen molar-refractivity contribution in [3.05, 3.63) is 96.6 Å². The van der Waals surface area contributed by atoms with Gasteiger partial charge in [-0.3, -0.25) is 23.7 Å². The fourth-order valence-electron chi connectivity index (χ4n) is 5.29. The first kappa shape index (κ1) is 30.1.